The standard InChI is InChI=1S/2C12H15N3O.3C11H13N3O/c1-9-5-6-11-12(8-9)15(14-13-11)7-3-4-10(2)16;1-9-5-6-11-12(8-9)14-15(13-11)7-3-4-10(2)16;1-9(15)5-4-8-14-11-7-3-2-6-10(11)12-13-14;2*1-9(15)5-4-8-14-12-10-6-2-3-7-11(10)13-14/h2*5-6,8H,3-4,7H2,1-2H3;3*2-3,6-7H,4-5,8H2,1H3. The maximum absolute atomic E-state index is 10.8. The van der Waals surface area contributed by atoms with E-state index >= 15 is 0 Å². The first-order valence-corrected chi connectivity index (χ1v) is 26.1. The fraction of sp³-hybridized carbons (Fsp3) is 0.386. The topological polar surface area (TPSA) is 239 Å². The summed E-state index contributed by atoms with van der Waals surface area (Å²) in [7, 11) is 0. The molecular weight excluding hydrogens is 975 g/mol. The second-order valence-corrected chi connectivity index (χ2v) is 19.0. The van der Waals surface area contributed by atoms with E-state index in [9.17, 15) is 24.0 Å². The lowest BCUT2D eigenvalue weighted by atomic mass is 10.2. The van der Waals surface area contributed by atoms with Gasteiger partial charge in [-0.25, -0.2) is 9.36 Å². The molecule has 0 aliphatic carbocycles. The largest absolute Gasteiger partial charge is 0.300 e. The number of ketones is 5. The van der Waals surface area contributed by atoms with Crippen molar-refractivity contribution in [2.45, 2.75) is 145 Å². The van der Waals surface area contributed by atoms with Crippen molar-refractivity contribution < 1.29 is 24.0 Å². The van der Waals surface area contributed by atoms with Crippen molar-refractivity contribution in [3.63, 3.8) is 0 Å². The van der Waals surface area contributed by atoms with Gasteiger partial charge in [0.2, 0.25) is 0 Å². The van der Waals surface area contributed by atoms with Crippen LogP contribution < -0.4 is 0 Å². The number of aryl methyl sites for hydroxylation is 7. The molecule has 0 aliphatic heterocycles. The van der Waals surface area contributed by atoms with Gasteiger partial charge in [-0.05, 0) is 152 Å². The van der Waals surface area contributed by atoms with Crippen molar-refractivity contribution in [3.8, 4) is 0 Å². The van der Waals surface area contributed by atoms with Gasteiger partial charge in [0.1, 0.15) is 73.0 Å². The van der Waals surface area contributed by atoms with Crippen LogP contribution in [-0.4, -0.2) is 104 Å². The van der Waals surface area contributed by atoms with E-state index in [1.807, 2.05) is 126 Å². The van der Waals surface area contributed by atoms with Gasteiger partial charge in [-0.1, -0.05) is 59.0 Å². The Kier molecular flexibility index (Phi) is 22.1. The summed E-state index contributed by atoms with van der Waals surface area (Å²) in [5.41, 5.74) is 11.7. The van der Waals surface area contributed by atoms with Crippen molar-refractivity contribution >= 4 is 84.1 Å². The molecule has 20 nitrogen and oxygen atoms in total. The van der Waals surface area contributed by atoms with E-state index in [4.69, 9.17) is 0 Å². The monoisotopic (exact) mass is 1040 g/mol. The molecule has 402 valence electrons. The summed E-state index contributed by atoms with van der Waals surface area (Å²) >= 11 is 0. The van der Waals surface area contributed by atoms with E-state index in [-0.39, 0.29) is 28.9 Å². The molecule has 5 heterocycles. The number of para-hydroxylation sites is 1. The van der Waals surface area contributed by atoms with E-state index in [2.05, 4.69) is 57.3 Å². The SMILES string of the molecule is CC(=O)CCCn1nc2ccc(C)cc2n1.CC(=O)CCCn1nc2ccccc2n1.CC(=O)CCCn1nc2ccccc2n1.CC(=O)CCCn1nnc2ccc(C)cc21.CC(=O)CCCn1nnc2ccccc21. The maximum atomic E-state index is 10.8. The molecule has 0 saturated carbocycles. The highest BCUT2D eigenvalue weighted by molar-refractivity contribution is 5.79. The maximum Gasteiger partial charge on any atom is 0.129 e. The molecule has 10 aromatic rings. The first kappa shape index (κ1) is 57.7. The Bertz CT molecular complexity index is 3360. The molecular formula is C57H69N15O5. The number of rotatable bonds is 20. The minimum atomic E-state index is 0.215. The number of Topliss-reactive ketones (excluding diaryl/α,β-unsaturated/α-hetero) is 5. The van der Waals surface area contributed by atoms with Crippen molar-refractivity contribution in [2.75, 3.05) is 0 Å². The van der Waals surface area contributed by atoms with E-state index in [1.165, 1.54) is 11.1 Å². The third-order valence-electron chi connectivity index (χ3n) is 11.8. The third-order valence-corrected chi connectivity index (χ3v) is 11.8. The number of carbonyl (C=O) groups is 5. The number of nitrogens with zero attached hydrogens (tertiary/aromatic N) is 15. The average Bonchev–Trinajstić information content (AvgIpc) is 4.25. The summed E-state index contributed by atoms with van der Waals surface area (Å²) < 4.78 is 3.71. The zero-order chi connectivity index (χ0) is 55.1. The number of benzene rings is 5. The quantitative estimate of drug-likeness (QED) is 0.0690. The van der Waals surface area contributed by atoms with E-state index in [1.54, 1.807) is 49.0 Å². The van der Waals surface area contributed by atoms with Crippen LogP contribution in [-0.2, 0) is 56.7 Å². The summed E-state index contributed by atoms with van der Waals surface area (Å²) in [6.45, 7) is 15.7. The third kappa shape index (κ3) is 19.3. The average molecular weight is 1040 g/mol. The van der Waals surface area contributed by atoms with E-state index < -0.39 is 0 Å². The number of hydrogen-bond acceptors (Lipinski definition) is 15. The molecule has 0 unspecified atom stereocenters. The van der Waals surface area contributed by atoms with Crippen LogP contribution in [0.1, 0.15) is 110 Å². The molecule has 0 atom stereocenters. The van der Waals surface area contributed by atoms with Crippen LogP contribution >= 0.6 is 0 Å². The summed E-state index contributed by atoms with van der Waals surface area (Å²) in [4.78, 5) is 58.9. The highest BCUT2D eigenvalue weighted by Gasteiger charge is 2.08. The molecule has 0 radical (unpaired) electrons. The Labute approximate surface area is 447 Å². The van der Waals surface area contributed by atoms with Gasteiger partial charge in [-0.2, -0.15) is 45.0 Å². The van der Waals surface area contributed by atoms with Gasteiger partial charge in [0.25, 0.3) is 0 Å². The van der Waals surface area contributed by atoms with Crippen LogP contribution in [0.2, 0.25) is 0 Å². The lowest BCUT2D eigenvalue weighted by Crippen LogP contribution is -2.03. The molecule has 77 heavy (non-hydrogen) atoms. The number of hydrogen-bond donors (Lipinski definition) is 0. The smallest absolute Gasteiger partial charge is 0.129 e. The predicted molar refractivity (Wildman–Crippen MR) is 297 cm³/mol. The molecule has 20 heteroatoms. The number of carbonyl (C=O) groups excluding carboxylic acids is 5. The lowest BCUT2D eigenvalue weighted by molar-refractivity contribution is -0.118. The van der Waals surface area contributed by atoms with E-state index in [0.29, 0.717) is 51.7 Å². The predicted octanol–water partition coefficient (Wildman–Crippen LogP) is 9.62. The first-order chi connectivity index (χ1) is 37.1. The fourth-order valence-electron chi connectivity index (χ4n) is 7.86. The summed E-state index contributed by atoms with van der Waals surface area (Å²) in [5.74, 6) is 1.09. The minimum Gasteiger partial charge on any atom is -0.300 e. The normalized spacial score (nSPS) is 10.8. The fourth-order valence-corrected chi connectivity index (χ4v) is 7.86. The summed E-state index contributed by atoms with van der Waals surface area (Å²) in [5, 5.41) is 42.2. The van der Waals surface area contributed by atoms with Crippen LogP contribution in [0, 0.1) is 13.8 Å². The second kappa shape index (κ2) is 29.5. The number of aromatic nitrogens is 15. The highest BCUT2D eigenvalue weighted by atomic mass is 16.1. The summed E-state index contributed by atoms with van der Waals surface area (Å²) in [6, 6.07) is 35.4. The molecule has 0 saturated heterocycles. The van der Waals surface area contributed by atoms with Crippen LogP contribution in [0.15, 0.2) is 109 Å². The Morgan fingerprint density at radius 1 is 0.338 bits per heavy atom. The Hall–Kier alpha value is -8.55. The summed E-state index contributed by atoms with van der Waals surface area (Å²) in [6.07, 6.45) is 7.04. The highest BCUT2D eigenvalue weighted by Crippen LogP contribution is 2.15. The van der Waals surface area contributed by atoms with Crippen LogP contribution in [0.4, 0.5) is 0 Å². The van der Waals surface area contributed by atoms with Gasteiger partial charge in [0.15, 0.2) is 0 Å². The first-order valence-electron chi connectivity index (χ1n) is 26.1. The minimum absolute atomic E-state index is 0.215. The van der Waals surface area contributed by atoms with Crippen LogP contribution in [0.25, 0.3) is 55.2 Å². The molecule has 0 N–H and O–H groups in total. The van der Waals surface area contributed by atoms with Gasteiger partial charge >= 0.3 is 0 Å². The van der Waals surface area contributed by atoms with Gasteiger partial charge < -0.3 is 24.0 Å². The molecule has 5 aromatic carbocycles. The van der Waals surface area contributed by atoms with Crippen molar-refractivity contribution in [2.24, 2.45) is 0 Å². The zero-order valence-electron chi connectivity index (χ0n) is 45.2. The molecule has 0 amide bonds. The zero-order valence-corrected chi connectivity index (χ0v) is 45.2. The molecule has 0 fully saturated rings. The second-order valence-electron chi connectivity index (χ2n) is 19.0. The van der Waals surface area contributed by atoms with Gasteiger partial charge in [-0.15, -0.1) is 10.2 Å². The number of fused-ring (bicyclic) bond motifs is 5. The van der Waals surface area contributed by atoms with Gasteiger partial charge in [-0.3, -0.25) is 0 Å². The Morgan fingerprint density at radius 3 is 1.04 bits per heavy atom. The van der Waals surface area contributed by atoms with Crippen molar-refractivity contribution in [1.29, 1.82) is 0 Å². The van der Waals surface area contributed by atoms with Gasteiger partial charge in [0, 0.05) is 45.2 Å². The molecule has 0 bridgehead atoms. The van der Waals surface area contributed by atoms with E-state index in [0.717, 1.165) is 100 Å². The molecule has 5 aromatic heterocycles. The van der Waals surface area contributed by atoms with Crippen LogP contribution in [0.3, 0.4) is 0 Å². The Morgan fingerprint density at radius 2 is 0.636 bits per heavy atom. The molecule has 10 rings (SSSR count). The van der Waals surface area contributed by atoms with Crippen LogP contribution in [0.5, 0.6) is 0 Å². The Balaban J connectivity index is 0.000000156. The molecule has 0 spiro atoms. The molecule has 0 aliphatic rings. The van der Waals surface area contributed by atoms with Gasteiger partial charge in [0.05, 0.1) is 30.7 Å². The van der Waals surface area contributed by atoms with Crippen molar-refractivity contribution in [1.82, 2.24) is 75.0 Å². The van der Waals surface area contributed by atoms with Crippen molar-refractivity contribution in [3.05, 3.63) is 120 Å². The lowest BCUT2D eigenvalue weighted by Gasteiger charge is -2.01.